The number of carbonyl (C=O) groups is 2. The van der Waals surface area contributed by atoms with Crippen molar-refractivity contribution < 1.29 is 14.7 Å². The highest BCUT2D eigenvalue weighted by atomic mass is 16.3. The number of fused-ring (bicyclic) bond motifs is 1. The van der Waals surface area contributed by atoms with Gasteiger partial charge < -0.3 is 15.3 Å². The Morgan fingerprint density at radius 2 is 1.84 bits per heavy atom. The lowest BCUT2D eigenvalue weighted by Gasteiger charge is -2.25. The van der Waals surface area contributed by atoms with Crippen molar-refractivity contribution in [2.75, 3.05) is 18.6 Å². The molecule has 1 fully saturated rings. The SMILES string of the molecule is Cc1c(CCO)c(C2CC2)nn1CC(=O)N[C@@H](Cc1ccccc1)C(=O)N(C)c1ccc2nccnc2c1. The molecule has 38 heavy (non-hydrogen) atoms. The van der Waals surface area contributed by atoms with Crippen LogP contribution in [0, 0.1) is 6.92 Å². The molecule has 0 spiro atoms. The van der Waals surface area contributed by atoms with Crippen molar-refractivity contribution in [2.24, 2.45) is 0 Å². The molecule has 2 N–H and O–H groups in total. The third kappa shape index (κ3) is 5.57. The molecule has 1 aliphatic rings. The van der Waals surface area contributed by atoms with Crippen LogP contribution in [0.2, 0.25) is 0 Å². The molecule has 2 aromatic carbocycles. The van der Waals surface area contributed by atoms with Crippen LogP contribution in [0.5, 0.6) is 0 Å². The van der Waals surface area contributed by atoms with Crippen LogP contribution in [-0.4, -0.2) is 56.4 Å². The maximum absolute atomic E-state index is 13.7. The van der Waals surface area contributed by atoms with Gasteiger partial charge in [0, 0.05) is 49.8 Å². The van der Waals surface area contributed by atoms with E-state index in [4.69, 9.17) is 5.10 Å². The minimum atomic E-state index is -0.775. The topological polar surface area (TPSA) is 113 Å². The molecular formula is C29H32N6O3. The van der Waals surface area contributed by atoms with Gasteiger partial charge in [-0.2, -0.15) is 5.10 Å². The van der Waals surface area contributed by atoms with Crippen LogP contribution in [0.4, 0.5) is 5.69 Å². The first-order valence-corrected chi connectivity index (χ1v) is 12.9. The lowest BCUT2D eigenvalue weighted by molar-refractivity contribution is -0.127. The van der Waals surface area contributed by atoms with Gasteiger partial charge >= 0.3 is 0 Å². The van der Waals surface area contributed by atoms with E-state index in [1.807, 2.05) is 55.5 Å². The minimum absolute atomic E-state index is 0.00479. The lowest BCUT2D eigenvalue weighted by Crippen LogP contribution is -2.49. The molecule has 2 aromatic heterocycles. The highest BCUT2D eigenvalue weighted by molar-refractivity contribution is 6.00. The van der Waals surface area contributed by atoms with Crippen LogP contribution in [0.1, 0.15) is 41.3 Å². The normalized spacial score (nSPS) is 13.9. The average Bonchev–Trinajstić information content (AvgIpc) is 3.74. The van der Waals surface area contributed by atoms with E-state index in [0.717, 1.165) is 40.9 Å². The molecule has 0 saturated heterocycles. The highest BCUT2D eigenvalue weighted by Gasteiger charge is 2.31. The number of aliphatic hydroxyl groups is 1. The second-order valence-electron chi connectivity index (χ2n) is 9.79. The van der Waals surface area contributed by atoms with Crippen molar-refractivity contribution in [3.63, 3.8) is 0 Å². The summed E-state index contributed by atoms with van der Waals surface area (Å²) in [6.07, 6.45) is 6.29. The lowest BCUT2D eigenvalue weighted by atomic mass is 10.0. The summed E-state index contributed by atoms with van der Waals surface area (Å²) < 4.78 is 1.70. The van der Waals surface area contributed by atoms with E-state index in [1.54, 1.807) is 29.0 Å². The maximum atomic E-state index is 13.7. The van der Waals surface area contributed by atoms with E-state index >= 15 is 0 Å². The highest BCUT2D eigenvalue weighted by Crippen LogP contribution is 2.41. The number of rotatable bonds is 10. The number of hydrogen-bond donors (Lipinski definition) is 2. The van der Waals surface area contributed by atoms with E-state index < -0.39 is 6.04 Å². The number of aliphatic hydroxyl groups excluding tert-OH is 1. The zero-order valence-electron chi connectivity index (χ0n) is 21.7. The van der Waals surface area contributed by atoms with Crippen LogP contribution in [0.15, 0.2) is 60.9 Å². The predicted octanol–water partition coefficient (Wildman–Crippen LogP) is 2.94. The largest absolute Gasteiger partial charge is 0.396 e. The van der Waals surface area contributed by atoms with Crippen molar-refractivity contribution in [2.45, 2.75) is 51.1 Å². The Morgan fingerprint density at radius 3 is 2.55 bits per heavy atom. The molecule has 9 nitrogen and oxygen atoms in total. The molecule has 4 aromatic rings. The van der Waals surface area contributed by atoms with Gasteiger partial charge in [0.15, 0.2) is 0 Å². The molecule has 0 aliphatic heterocycles. The molecule has 196 valence electrons. The second kappa shape index (κ2) is 11.1. The van der Waals surface area contributed by atoms with E-state index in [2.05, 4.69) is 15.3 Å². The summed E-state index contributed by atoms with van der Waals surface area (Å²) in [5, 5.41) is 17.2. The smallest absolute Gasteiger partial charge is 0.249 e. The molecular weight excluding hydrogens is 480 g/mol. The van der Waals surface area contributed by atoms with Gasteiger partial charge in [-0.05, 0) is 55.5 Å². The number of aromatic nitrogens is 4. The zero-order valence-corrected chi connectivity index (χ0v) is 21.7. The fraction of sp³-hybridized carbons (Fsp3) is 0.345. The molecule has 1 saturated carbocycles. The van der Waals surface area contributed by atoms with Gasteiger partial charge in [-0.15, -0.1) is 0 Å². The molecule has 0 bridgehead atoms. The summed E-state index contributed by atoms with van der Waals surface area (Å²) in [6, 6.07) is 14.3. The number of nitrogens with zero attached hydrogens (tertiary/aromatic N) is 5. The molecule has 2 heterocycles. The van der Waals surface area contributed by atoms with Gasteiger partial charge in [0.25, 0.3) is 0 Å². The monoisotopic (exact) mass is 512 g/mol. The van der Waals surface area contributed by atoms with Crippen LogP contribution in [0.25, 0.3) is 11.0 Å². The number of likely N-dealkylation sites (N-methyl/N-ethyl adjacent to an activating group) is 1. The quantitative estimate of drug-likeness (QED) is 0.338. The van der Waals surface area contributed by atoms with Gasteiger partial charge in [0.05, 0.1) is 16.7 Å². The Morgan fingerprint density at radius 1 is 1.11 bits per heavy atom. The fourth-order valence-electron chi connectivity index (χ4n) is 4.81. The standard InChI is InChI=1S/C29H32N6O3/c1-19-23(12-15-36)28(21-8-9-21)33-35(19)18-27(37)32-26(16-20-6-4-3-5-7-20)29(38)34(2)22-10-11-24-25(17-22)31-14-13-30-24/h3-7,10-11,13-14,17,21,26,36H,8-9,12,15-16,18H2,1-2H3,(H,32,37)/t26-/m0/s1. The van der Waals surface area contributed by atoms with Crippen LogP contribution in [-0.2, 0) is 29.0 Å². The second-order valence-corrected chi connectivity index (χ2v) is 9.79. The Balaban J connectivity index is 1.36. The Bertz CT molecular complexity index is 1450. The zero-order chi connectivity index (χ0) is 26.6. The van der Waals surface area contributed by atoms with Crippen LogP contribution < -0.4 is 10.2 Å². The molecule has 2 amide bonds. The molecule has 0 radical (unpaired) electrons. The predicted molar refractivity (Wildman–Crippen MR) is 145 cm³/mol. The number of nitrogens with one attached hydrogen (secondary N) is 1. The van der Waals surface area contributed by atoms with Gasteiger partial charge in [0.2, 0.25) is 11.8 Å². The first kappa shape index (κ1) is 25.5. The average molecular weight is 513 g/mol. The van der Waals surface area contributed by atoms with E-state index in [9.17, 15) is 14.7 Å². The van der Waals surface area contributed by atoms with E-state index in [1.165, 1.54) is 0 Å². The van der Waals surface area contributed by atoms with Crippen LogP contribution >= 0.6 is 0 Å². The third-order valence-corrected chi connectivity index (χ3v) is 7.07. The van der Waals surface area contributed by atoms with Gasteiger partial charge in [-0.1, -0.05) is 30.3 Å². The molecule has 0 unspecified atom stereocenters. The molecule has 5 rings (SSSR count). The molecule has 9 heteroatoms. The Kier molecular flexibility index (Phi) is 7.46. The van der Waals surface area contributed by atoms with Crippen molar-refractivity contribution >= 4 is 28.5 Å². The number of amides is 2. The maximum Gasteiger partial charge on any atom is 0.249 e. The fourth-order valence-corrected chi connectivity index (χ4v) is 4.81. The first-order chi connectivity index (χ1) is 18.4. The van der Waals surface area contributed by atoms with Gasteiger partial charge in [0.1, 0.15) is 12.6 Å². The number of carbonyl (C=O) groups excluding carboxylic acids is 2. The van der Waals surface area contributed by atoms with Crippen LogP contribution in [0.3, 0.4) is 0 Å². The number of hydrogen-bond acceptors (Lipinski definition) is 6. The third-order valence-electron chi connectivity index (χ3n) is 7.07. The van der Waals surface area contributed by atoms with Crippen molar-refractivity contribution in [1.29, 1.82) is 0 Å². The first-order valence-electron chi connectivity index (χ1n) is 12.9. The summed E-state index contributed by atoms with van der Waals surface area (Å²) in [4.78, 5) is 37.1. The van der Waals surface area contributed by atoms with E-state index in [-0.39, 0.29) is 25.0 Å². The van der Waals surface area contributed by atoms with E-state index in [0.29, 0.717) is 30.0 Å². The Labute approximate surface area is 221 Å². The summed E-state index contributed by atoms with van der Waals surface area (Å²) in [6.45, 7) is 1.98. The number of benzene rings is 2. The van der Waals surface area contributed by atoms with Crippen molar-refractivity contribution in [3.05, 3.63) is 83.4 Å². The summed E-state index contributed by atoms with van der Waals surface area (Å²) >= 11 is 0. The van der Waals surface area contributed by atoms with Crippen molar-refractivity contribution in [3.8, 4) is 0 Å². The molecule has 1 atom stereocenters. The minimum Gasteiger partial charge on any atom is -0.396 e. The Hall–Kier alpha value is -4.11. The number of anilines is 1. The summed E-state index contributed by atoms with van der Waals surface area (Å²) in [5.41, 5.74) is 5.94. The summed E-state index contributed by atoms with van der Waals surface area (Å²) in [5.74, 6) is -0.116. The van der Waals surface area contributed by atoms with Gasteiger partial charge in [-0.25, -0.2) is 0 Å². The van der Waals surface area contributed by atoms with Gasteiger partial charge in [-0.3, -0.25) is 24.2 Å². The molecule has 1 aliphatic carbocycles. The summed E-state index contributed by atoms with van der Waals surface area (Å²) in [7, 11) is 1.70. The van der Waals surface area contributed by atoms with Crippen molar-refractivity contribution in [1.82, 2.24) is 25.1 Å².